The molecule has 0 aliphatic carbocycles. The number of halogens is 4. The second kappa shape index (κ2) is 8.61. The predicted octanol–water partition coefficient (Wildman–Crippen LogP) is 4.94. The molecule has 0 unspecified atom stereocenters. The zero-order chi connectivity index (χ0) is 22.1. The molecule has 0 bridgehead atoms. The fourth-order valence-corrected chi connectivity index (χ4v) is 4.04. The van der Waals surface area contributed by atoms with Crippen LogP contribution in [0.2, 0.25) is 4.34 Å². The second-order valence-corrected chi connectivity index (χ2v) is 8.25. The van der Waals surface area contributed by atoms with Crippen molar-refractivity contribution in [3.05, 3.63) is 78.9 Å². The molecule has 0 spiro atoms. The summed E-state index contributed by atoms with van der Waals surface area (Å²) >= 11 is 7.22. The Kier molecular flexibility index (Phi) is 6.33. The highest BCUT2D eigenvalue weighted by atomic mass is 35.5. The van der Waals surface area contributed by atoms with Crippen molar-refractivity contribution in [1.82, 2.24) is 14.7 Å². The number of hydrogen-bond acceptors (Lipinski definition) is 4. The van der Waals surface area contributed by atoms with Crippen molar-refractivity contribution in [3.8, 4) is 5.69 Å². The Hall–Kier alpha value is -2.65. The molecule has 2 aromatic heterocycles. The number of para-hydroxylation sites is 1. The Labute approximate surface area is 179 Å². The molecule has 0 aliphatic heterocycles. The molecule has 0 aliphatic rings. The van der Waals surface area contributed by atoms with Crippen LogP contribution < -0.4 is 5.43 Å². The van der Waals surface area contributed by atoms with Crippen LogP contribution in [0.15, 0.2) is 47.3 Å². The normalized spacial score (nSPS) is 11.5. The molecule has 0 N–H and O–H groups in total. The summed E-state index contributed by atoms with van der Waals surface area (Å²) in [5.41, 5.74) is -2.09. The van der Waals surface area contributed by atoms with Gasteiger partial charge in [-0.1, -0.05) is 23.7 Å². The Balaban J connectivity index is 2.05. The van der Waals surface area contributed by atoms with Crippen LogP contribution in [0.4, 0.5) is 13.2 Å². The van der Waals surface area contributed by atoms with E-state index in [0.29, 0.717) is 4.34 Å². The van der Waals surface area contributed by atoms with E-state index in [1.807, 2.05) is 0 Å². The van der Waals surface area contributed by atoms with Crippen molar-refractivity contribution in [2.75, 3.05) is 6.54 Å². The van der Waals surface area contributed by atoms with Gasteiger partial charge in [-0.2, -0.15) is 18.3 Å². The number of hydrogen-bond donors (Lipinski definition) is 0. The molecule has 0 fully saturated rings. The largest absolute Gasteiger partial charge is 0.418 e. The Morgan fingerprint density at radius 2 is 1.93 bits per heavy atom. The quantitative estimate of drug-likeness (QED) is 0.547. The van der Waals surface area contributed by atoms with Crippen LogP contribution >= 0.6 is 22.9 Å². The lowest BCUT2D eigenvalue weighted by Crippen LogP contribution is -2.35. The molecule has 3 aromatic rings. The van der Waals surface area contributed by atoms with Gasteiger partial charge < -0.3 is 4.90 Å². The van der Waals surface area contributed by atoms with Crippen molar-refractivity contribution in [3.63, 3.8) is 0 Å². The molecule has 3 rings (SSSR count). The van der Waals surface area contributed by atoms with Gasteiger partial charge in [0, 0.05) is 23.2 Å². The lowest BCUT2D eigenvalue weighted by atomic mass is 10.1. The fourth-order valence-electron chi connectivity index (χ4n) is 2.94. The van der Waals surface area contributed by atoms with Crippen LogP contribution in [0.3, 0.4) is 0 Å². The monoisotopic (exact) mass is 455 g/mol. The first-order chi connectivity index (χ1) is 14.1. The maximum Gasteiger partial charge on any atom is 0.418 e. The van der Waals surface area contributed by atoms with Crippen molar-refractivity contribution in [2.24, 2.45) is 0 Å². The summed E-state index contributed by atoms with van der Waals surface area (Å²) < 4.78 is 41.9. The minimum Gasteiger partial charge on any atom is -0.332 e. The summed E-state index contributed by atoms with van der Waals surface area (Å²) in [7, 11) is 0. The summed E-state index contributed by atoms with van der Waals surface area (Å²) in [4.78, 5) is 27.6. The highest BCUT2D eigenvalue weighted by Crippen LogP contribution is 2.33. The molecule has 5 nitrogen and oxygen atoms in total. The summed E-state index contributed by atoms with van der Waals surface area (Å²) in [5, 5.41) is 4.02. The average Bonchev–Trinajstić information content (AvgIpc) is 3.10. The smallest absolute Gasteiger partial charge is 0.332 e. The fraction of sp³-hybridized carbons (Fsp3) is 0.250. The van der Waals surface area contributed by atoms with E-state index in [4.69, 9.17) is 11.6 Å². The second-order valence-electron chi connectivity index (χ2n) is 6.45. The number of rotatable bonds is 5. The van der Waals surface area contributed by atoms with E-state index in [0.717, 1.165) is 21.7 Å². The number of carbonyl (C=O) groups is 1. The van der Waals surface area contributed by atoms with E-state index in [-0.39, 0.29) is 24.5 Å². The van der Waals surface area contributed by atoms with Gasteiger partial charge >= 0.3 is 6.18 Å². The highest BCUT2D eigenvalue weighted by molar-refractivity contribution is 7.16. The number of aryl methyl sites for hydroxylation is 1. The minimum atomic E-state index is -4.62. The third kappa shape index (κ3) is 4.57. The van der Waals surface area contributed by atoms with Gasteiger partial charge in [-0.15, -0.1) is 11.3 Å². The number of alkyl halides is 3. The van der Waals surface area contributed by atoms with Crippen LogP contribution in [0, 0.1) is 6.92 Å². The van der Waals surface area contributed by atoms with Crippen LogP contribution in [0.25, 0.3) is 5.69 Å². The Bertz CT molecular complexity index is 1140. The molecule has 1 amide bonds. The Morgan fingerprint density at radius 1 is 1.23 bits per heavy atom. The standard InChI is InChI=1S/C20H17ClF3N3O2S/c1-3-26(11-13-8-9-17(21)30-13)19(29)18-16(28)10-12(2)27(25-18)15-7-5-4-6-14(15)20(22,23)24/h4-10H,3,11H2,1-2H3. The first-order valence-electron chi connectivity index (χ1n) is 8.93. The molecular formula is C20H17ClF3N3O2S. The zero-order valence-electron chi connectivity index (χ0n) is 16.0. The van der Waals surface area contributed by atoms with Crippen LogP contribution in [-0.2, 0) is 12.7 Å². The number of carbonyl (C=O) groups excluding carboxylic acids is 1. The molecule has 0 saturated carbocycles. The van der Waals surface area contributed by atoms with E-state index in [1.165, 1.54) is 41.4 Å². The van der Waals surface area contributed by atoms with Crippen molar-refractivity contribution in [1.29, 1.82) is 0 Å². The van der Waals surface area contributed by atoms with Crippen LogP contribution in [-0.4, -0.2) is 27.1 Å². The van der Waals surface area contributed by atoms with Gasteiger partial charge in [-0.3, -0.25) is 9.59 Å². The number of aromatic nitrogens is 2. The van der Waals surface area contributed by atoms with E-state index in [9.17, 15) is 22.8 Å². The molecule has 1 aromatic carbocycles. The number of nitrogens with zero attached hydrogens (tertiary/aromatic N) is 3. The number of benzene rings is 1. The summed E-state index contributed by atoms with van der Waals surface area (Å²) in [6.45, 7) is 3.68. The molecule has 2 heterocycles. The zero-order valence-corrected chi connectivity index (χ0v) is 17.6. The lowest BCUT2D eigenvalue weighted by Gasteiger charge is -2.21. The summed E-state index contributed by atoms with van der Waals surface area (Å²) in [6.07, 6.45) is -4.62. The first-order valence-corrected chi connectivity index (χ1v) is 10.1. The highest BCUT2D eigenvalue weighted by Gasteiger charge is 2.34. The van der Waals surface area contributed by atoms with Crippen LogP contribution in [0.5, 0.6) is 0 Å². The van der Waals surface area contributed by atoms with Gasteiger partial charge in [0.05, 0.1) is 22.1 Å². The molecule has 0 atom stereocenters. The molecule has 10 heteroatoms. The van der Waals surface area contributed by atoms with Gasteiger partial charge in [0.25, 0.3) is 5.91 Å². The van der Waals surface area contributed by atoms with Crippen LogP contribution in [0.1, 0.15) is 33.5 Å². The maximum absolute atomic E-state index is 13.4. The van der Waals surface area contributed by atoms with Gasteiger partial charge in [0.1, 0.15) is 0 Å². The van der Waals surface area contributed by atoms with E-state index < -0.39 is 28.8 Å². The third-order valence-corrected chi connectivity index (χ3v) is 5.61. The van der Waals surface area contributed by atoms with Gasteiger partial charge in [-0.05, 0) is 38.1 Å². The Morgan fingerprint density at radius 3 is 2.53 bits per heavy atom. The SMILES string of the molecule is CCN(Cc1ccc(Cl)s1)C(=O)c1nn(-c2ccccc2C(F)(F)F)c(C)cc1=O. The first kappa shape index (κ1) is 22.0. The van der Waals surface area contributed by atoms with E-state index in [1.54, 1.807) is 19.1 Å². The molecule has 0 radical (unpaired) electrons. The summed E-state index contributed by atoms with van der Waals surface area (Å²) in [5.74, 6) is -0.662. The predicted molar refractivity (Wildman–Crippen MR) is 109 cm³/mol. The number of thiophene rings is 1. The lowest BCUT2D eigenvalue weighted by molar-refractivity contribution is -0.137. The van der Waals surface area contributed by atoms with Gasteiger partial charge in [-0.25, -0.2) is 4.68 Å². The van der Waals surface area contributed by atoms with Gasteiger partial charge in [0.2, 0.25) is 5.43 Å². The third-order valence-electron chi connectivity index (χ3n) is 4.39. The van der Waals surface area contributed by atoms with Gasteiger partial charge in [0.15, 0.2) is 5.69 Å². The molecular weight excluding hydrogens is 439 g/mol. The summed E-state index contributed by atoms with van der Waals surface area (Å²) in [6, 6.07) is 9.45. The van der Waals surface area contributed by atoms with Crippen molar-refractivity contribution >= 4 is 28.8 Å². The molecule has 30 heavy (non-hydrogen) atoms. The molecule has 158 valence electrons. The van der Waals surface area contributed by atoms with E-state index in [2.05, 4.69) is 5.10 Å². The number of amides is 1. The molecule has 0 saturated heterocycles. The topological polar surface area (TPSA) is 55.2 Å². The minimum absolute atomic E-state index is 0.182. The van der Waals surface area contributed by atoms with Crippen molar-refractivity contribution in [2.45, 2.75) is 26.6 Å². The maximum atomic E-state index is 13.4. The average molecular weight is 456 g/mol. The van der Waals surface area contributed by atoms with E-state index >= 15 is 0 Å². The van der Waals surface area contributed by atoms with Crippen molar-refractivity contribution < 1.29 is 18.0 Å².